The van der Waals surface area contributed by atoms with Crippen molar-refractivity contribution in [2.24, 2.45) is 5.84 Å². The van der Waals surface area contributed by atoms with Crippen LogP contribution in [0, 0.1) is 11.3 Å². The van der Waals surface area contributed by atoms with Gasteiger partial charge in [0.1, 0.15) is 0 Å². The average Bonchev–Trinajstić information content (AvgIpc) is 2.49. The van der Waals surface area contributed by atoms with Crippen LogP contribution in [0.1, 0.15) is 5.56 Å². The van der Waals surface area contributed by atoms with Crippen molar-refractivity contribution in [2.45, 2.75) is 4.90 Å². The zero-order valence-electron chi connectivity index (χ0n) is 10.7. The third-order valence-corrected chi connectivity index (χ3v) is 4.71. The Kier molecular flexibility index (Phi) is 4.47. The van der Waals surface area contributed by atoms with Gasteiger partial charge in [-0.1, -0.05) is 0 Å². The summed E-state index contributed by atoms with van der Waals surface area (Å²) in [5.74, 6) is 5.23. The normalized spacial score (nSPS) is 10.7. The maximum absolute atomic E-state index is 12.3. The van der Waals surface area contributed by atoms with Crippen molar-refractivity contribution in [3.63, 3.8) is 0 Å². The van der Waals surface area contributed by atoms with E-state index >= 15 is 0 Å². The van der Waals surface area contributed by atoms with Crippen molar-refractivity contribution in [2.75, 3.05) is 10.1 Å². The van der Waals surface area contributed by atoms with Crippen LogP contribution in [-0.4, -0.2) is 8.42 Å². The van der Waals surface area contributed by atoms with Crippen LogP contribution in [-0.2, 0) is 10.0 Å². The van der Waals surface area contributed by atoms with E-state index < -0.39 is 10.0 Å². The standard InChI is InChI=1S/C13H11BrN4O2S/c14-12-7-9(8-15)1-6-13(12)18-21(19,20)11-4-2-10(17-16)3-5-11/h1-7,17-18H,16H2. The van der Waals surface area contributed by atoms with Crippen LogP contribution < -0.4 is 16.0 Å². The molecule has 0 aliphatic heterocycles. The molecule has 2 aromatic rings. The van der Waals surface area contributed by atoms with Crippen LogP contribution in [0.15, 0.2) is 51.8 Å². The molecular weight excluding hydrogens is 356 g/mol. The SMILES string of the molecule is N#Cc1ccc(NS(=O)(=O)c2ccc(NN)cc2)c(Br)c1. The van der Waals surface area contributed by atoms with Crippen molar-refractivity contribution in [3.05, 3.63) is 52.5 Å². The maximum atomic E-state index is 12.3. The van der Waals surface area contributed by atoms with E-state index in [4.69, 9.17) is 11.1 Å². The smallest absolute Gasteiger partial charge is 0.261 e. The molecule has 21 heavy (non-hydrogen) atoms. The van der Waals surface area contributed by atoms with Gasteiger partial charge in [-0.05, 0) is 58.4 Å². The van der Waals surface area contributed by atoms with Crippen molar-refractivity contribution >= 4 is 37.3 Å². The largest absolute Gasteiger partial charge is 0.324 e. The second-order valence-corrected chi connectivity index (χ2v) is 6.62. The number of hydrogen-bond acceptors (Lipinski definition) is 5. The number of anilines is 2. The molecule has 0 aliphatic carbocycles. The molecule has 0 saturated carbocycles. The van der Waals surface area contributed by atoms with Crippen molar-refractivity contribution < 1.29 is 8.42 Å². The Bertz CT molecular complexity index is 798. The summed E-state index contributed by atoms with van der Waals surface area (Å²) in [5, 5.41) is 8.79. The highest BCUT2D eigenvalue weighted by molar-refractivity contribution is 9.10. The molecule has 0 heterocycles. The van der Waals surface area contributed by atoms with Gasteiger partial charge < -0.3 is 5.43 Å². The Morgan fingerprint density at radius 2 is 1.81 bits per heavy atom. The van der Waals surface area contributed by atoms with Gasteiger partial charge in [0.05, 0.1) is 22.2 Å². The fourth-order valence-corrected chi connectivity index (χ4v) is 3.29. The third-order valence-electron chi connectivity index (χ3n) is 2.67. The van der Waals surface area contributed by atoms with E-state index in [-0.39, 0.29) is 4.90 Å². The Balaban J connectivity index is 2.30. The Hall–Kier alpha value is -2.08. The average molecular weight is 367 g/mol. The summed E-state index contributed by atoms with van der Waals surface area (Å²) in [6.45, 7) is 0. The lowest BCUT2D eigenvalue weighted by molar-refractivity contribution is 0.601. The van der Waals surface area contributed by atoms with E-state index in [0.717, 1.165) is 0 Å². The minimum atomic E-state index is -3.71. The van der Waals surface area contributed by atoms with E-state index in [9.17, 15) is 8.42 Å². The van der Waals surface area contributed by atoms with Crippen molar-refractivity contribution in [3.8, 4) is 6.07 Å². The van der Waals surface area contributed by atoms with E-state index in [2.05, 4.69) is 26.1 Å². The quantitative estimate of drug-likeness (QED) is 0.568. The van der Waals surface area contributed by atoms with Gasteiger partial charge in [-0.15, -0.1) is 0 Å². The zero-order chi connectivity index (χ0) is 15.5. The molecule has 4 N–H and O–H groups in total. The second kappa shape index (κ2) is 6.13. The van der Waals surface area contributed by atoms with Gasteiger partial charge in [0.2, 0.25) is 0 Å². The molecule has 8 heteroatoms. The first kappa shape index (κ1) is 15.3. The minimum absolute atomic E-state index is 0.109. The topological polar surface area (TPSA) is 108 Å². The van der Waals surface area contributed by atoms with Crippen molar-refractivity contribution in [1.82, 2.24) is 0 Å². The predicted octanol–water partition coefficient (Wildman–Crippen LogP) is 2.41. The molecule has 0 spiro atoms. The molecule has 0 saturated heterocycles. The number of nitrogens with two attached hydrogens (primary N) is 1. The molecule has 0 bridgehead atoms. The number of nitrogen functional groups attached to an aromatic ring is 1. The predicted molar refractivity (Wildman–Crippen MR) is 83.9 cm³/mol. The molecule has 0 aliphatic rings. The summed E-state index contributed by atoms with van der Waals surface area (Å²) in [5.41, 5.74) is 3.82. The fourth-order valence-electron chi connectivity index (χ4n) is 1.60. The molecule has 0 aromatic heterocycles. The third kappa shape index (κ3) is 3.52. The van der Waals surface area contributed by atoms with E-state index in [1.165, 1.54) is 24.3 Å². The lowest BCUT2D eigenvalue weighted by atomic mass is 10.2. The van der Waals surface area contributed by atoms with Crippen LogP contribution in [0.5, 0.6) is 0 Å². The Labute approximate surface area is 130 Å². The Morgan fingerprint density at radius 1 is 1.14 bits per heavy atom. The van der Waals surface area contributed by atoms with E-state index in [1.54, 1.807) is 18.2 Å². The number of benzene rings is 2. The lowest BCUT2D eigenvalue weighted by Gasteiger charge is -2.10. The zero-order valence-corrected chi connectivity index (χ0v) is 13.1. The molecule has 6 nitrogen and oxygen atoms in total. The molecule has 0 atom stereocenters. The van der Waals surface area contributed by atoms with Gasteiger partial charge in [-0.3, -0.25) is 10.6 Å². The molecule has 2 rings (SSSR count). The summed E-state index contributed by atoms with van der Waals surface area (Å²) in [4.78, 5) is 0.109. The molecular formula is C13H11BrN4O2S. The Morgan fingerprint density at radius 3 is 2.33 bits per heavy atom. The number of nitriles is 1. The number of halogens is 1. The molecule has 0 fully saturated rings. The minimum Gasteiger partial charge on any atom is -0.324 e. The van der Waals surface area contributed by atoms with Crippen LogP contribution in [0.4, 0.5) is 11.4 Å². The highest BCUT2D eigenvalue weighted by atomic mass is 79.9. The van der Waals surface area contributed by atoms with Crippen molar-refractivity contribution in [1.29, 1.82) is 5.26 Å². The van der Waals surface area contributed by atoms with Gasteiger partial charge >= 0.3 is 0 Å². The summed E-state index contributed by atoms with van der Waals surface area (Å²) in [7, 11) is -3.71. The van der Waals surface area contributed by atoms with Crippen LogP contribution >= 0.6 is 15.9 Å². The maximum Gasteiger partial charge on any atom is 0.261 e. The van der Waals surface area contributed by atoms with Gasteiger partial charge in [0, 0.05) is 10.2 Å². The number of nitrogens with one attached hydrogen (secondary N) is 2. The summed E-state index contributed by atoms with van der Waals surface area (Å²) in [6.07, 6.45) is 0. The molecule has 0 amide bonds. The number of hydrogen-bond donors (Lipinski definition) is 3. The summed E-state index contributed by atoms with van der Waals surface area (Å²) < 4.78 is 27.5. The van der Waals surface area contributed by atoms with Crippen LogP contribution in [0.2, 0.25) is 0 Å². The highest BCUT2D eigenvalue weighted by Crippen LogP contribution is 2.26. The van der Waals surface area contributed by atoms with Gasteiger partial charge in [0.15, 0.2) is 0 Å². The van der Waals surface area contributed by atoms with Crippen LogP contribution in [0.25, 0.3) is 0 Å². The summed E-state index contributed by atoms with van der Waals surface area (Å²) >= 11 is 3.23. The fraction of sp³-hybridized carbons (Fsp3) is 0. The number of hydrazine groups is 1. The van der Waals surface area contributed by atoms with E-state index in [0.29, 0.717) is 21.4 Å². The van der Waals surface area contributed by atoms with Gasteiger partial charge in [-0.2, -0.15) is 5.26 Å². The molecule has 0 unspecified atom stereocenters. The number of sulfonamides is 1. The number of rotatable bonds is 4. The van der Waals surface area contributed by atoms with E-state index in [1.807, 2.05) is 6.07 Å². The monoisotopic (exact) mass is 366 g/mol. The number of nitrogens with zero attached hydrogens (tertiary/aromatic N) is 1. The van der Waals surface area contributed by atoms with Gasteiger partial charge in [0.25, 0.3) is 10.0 Å². The van der Waals surface area contributed by atoms with Crippen LogP contribution in [0.3, 0.4) is 0 Å². The first-order valence-electron chi connectivity index (χ1n) is 5.75. The molecule has 2 aromatic carbocycles. The first-order chi connectivity index (χ1) is 9.96. The second-order valence-electron chi connectivity index (χ2n) is 4.08. The summed E-state index contributed by atoms with van der Waals surface area (Å²) in [6, 6.07) is 12.6. The highest BCUT2D eigenvalue weighted by Gasteiger charge is 2.15. The van der Waals surface area contributed by atoms with Gasteiger partial charge in [-0.25, -0.2) is 8.42 Å². The first-order valence-corrected chi connectivity index (χ1v) is 8.03. The molecule has 0 radical (unpaired) electrons. The molecule has 108 valence electrons. The lowest BCUT2D eigenvalue weighted by Crippen LogP contribution is -2.14.